The first kappa shape index (κ1) is 18.0. The standard InChI is InChI=1S/C20H11F3N4/c21-20(22,23)15-3-1-2-14(8-15)16-9-18(27-19(26)17(16)11-25)13-6-4-12(10-24)5-7-13/h1-9H,(H2,26,27). The van der Waals surface area contributed by atoms with Gasteiger partial charge in [-0.15, -0.1) is 0 Å². The van der Waals surface area contributed by atoms with E-state index in [4.69, 9.17) is 11.0 Å². The molecule has 1 aromatic heterocycles. The summed E-state index contributed by atoms with van der Waals surface area (Å²) in [5.74, 6) is -0.0771. The predicted molar refractivity (Wildman–Crippen MR) is 94.0 cm³/mol. The first-order chi connectivity index (χ1) is 12.8. The summed E-state index contributed by atoms with van der Waals surface area (Å²) in [4.78, 5) is 4.18. The van der Waals surface area contributed by atoms with Gasteiger partial charge in [-0.25, -0.2) is 4.98 Å². The van der Waals surface area contributed by atoms with Crippen LogP contribution in [0.5, 0.6) is 0 Å². The molecule has 7 heteroatoms. The second kappa shape index (κ2) is 6.81. The van der Waals surface area contributed by atoms with Gasteiger partial charge in [0.05, 0.1) is 22.9 Å². The number of benzene rings is 2. The van der Waals surface area contributed by atoms with E-state index in [1.807, 2.05) is 12.1 Å². The Morgan fingerprint density at radius 3 is 2.19 bits per heavy atom. The Balaban J connectivity index is 2.19. The molecule has 3 rings (SSSR count). The molecule has 0 saturated heterocycles. The van der Waals surface area contributed by atoms with Gasteiger partial charge in [0.1, 0.15) is 17.5 Å². The molecule has 0 aliphatic carbocycles. The van der Waals surface area contributed by atoms with Crippen LogP contribution in [-0.4, -0.2) is 4.98 Å². The monoisotopic (exact) mass is 364 g/mol. The molecule has 4 nitrogen and oxygen atoms in total. The van der Waals surface area contributed by atoms with Crippen molar-refractivity contribution in [2.75, 3.05) is 5.73 Å². The quantitative estimate of drug-likeness (QED) is 0.710. The van der Waals surface area contributed by atoms with Gasteiger partial charge in [-0.2, -0.15) is 23.7 Å². The number of nitrogens with two attached hydrogens (primary N) is 1. The third-order valence-corrected chi connectivity index (χ3v) is 3.97. The molecule has 3 aromatic rings. The number of aromatic nitrogens is 1. The summed E-state index contributed by atoms with van der Waals surface area (Å²) in [6, 6.07) is 16.6. The molecule has 0 atom stereocenters. The Hall–Kier alpha value is -3.84. The Morgan fingerprint density at radius 1 is 0.889 bits per heavy atom. The SMILES string of the molecule is N#Cc1ccc(-c2cc(-c3cccc(C(F)(F)F)c3)c(C#N)c(N)n2)cc1. The first-order valence-electron chi connectivity index (χ1n) is 7.72. The van der Waals surface area contributed by atoms with Gasteiger partial charge in [0.2, 0.25) is 0 Å². The van der Waals surface area contributed by atoms with Crippen LogP contribution in [0, 0.1) is 22.7 Å². The van der Waals surface area contributed by atoms with Crippen molar-refractivity contribution >= 4 is 5.82 Å². The molecule has 0 amide bonds. The lowest BCUT2D eigenvalue weighted by molar-refractivity contribution is -0.137. The van der Waals surface area contributed by atoms with Crippen LogP contribution < -0.4 is 5.73 Å². The third kappa shape index (κ3) is 3.58. The summed E-state index contributed by atoms with van der Waals surface area (Å²) in [5.41, 5.74) is 7.01. The number of halogens is 3. The molecule has 2 aromatic carbocycles. The minimum Gasteiger partial charge on any atom is -0.383 e. The fraction of sp³-hybridized carbons (Fsp3) is 0.0500. The minimum atomic E-state index is -4.50. The summed E-state index contributed by atoms with van der Waals surface area (Å²) < 4.78 is 39.1. The van der Waals surface area contributed by atoms with Crippen LogP contribution in [0.15, 0.2) is 54.6 Å². The largest absolute Gasteiger partial charge is 0.416 e. The highest BCUT2D eigenvalue weighted by Crippen LogP contribution is 2.35. The second-order valence-electron chi connectivity index (χ2n) is 5.69. The minimum absolute atomic E-state index is 0.00622. The molecule has 0 saturated carbocycles. The van der Waals surface area contributed by atoms with Crippen molar-refractivity contribution in [2.45, 2.75) is 6.18 Å². The van der Waals surface area contributed by atoms with Crippen LogP contribution in [0.4, 0.5) is 19.0 Å². The van der Waals surface area contributed by atoms with Gasteiger partial charge in [0.25, 0.3) is 0 Å². The lowest BCUT2D eigenvalue weighted by Crippen LogP contribution is -2.05. The van der Waals surface area contributed by atoms with Gasteiger partial charge in [-0.1, -0.05) is 24.3 Å². The predicted octanol–water partition coefficient (Wildman–Crippen LogP) is 4.76. The van der Waals surface area contributed by atoms with Crippen LogP contribution >= 0.6 is 0 Å². The van der Waals surface area contributed by atoms with Crippen LogP contribution in [0.1, 0.15) is 16.7 Å². The van der Waals surface area contributed by atoms with Crippen molar-refractivity contribution < 1.29 is 13.2 Å². The van der Waals surface area contributed by atoms with Crippen LogP contribution in [0.2, 0.25) is 0 Å². The molecule has 2 N–H and O–H groups in total. The molecular weight excluding hydrogens is 353 g/mol. The summed E-state index contributed by atoms with van der Waals surface area (Å²) in [5, 5.41) is 18.3. The van der Waals surface area contributed by atoms with Crippen molar-refractivity contribution in [2.24, 2.45) is 0 Å². The smallest absolute Gasteiger partial charge is 0.383 e. The molecule has 132 valence electrons. The number of nitriles is 2. The first-order valence-corrected chi connectivity index (χ1v) is 7.72. The van der Waals surface area contributed by atoms with E-state index in [-0.39, 0.29) is 22.5 Å². The highest BCUT2D eigenvalue weighted by atomic mass is 19.4. The second-order valence-corrected chi connectivity index (χ2v) is 5.69. The number of anilines is 1. The number of hydrogen-bond acceptors (Lipinski definition) is 4. The molecule has 1 heterocycles. The topological polar surface area (TPSA) is 86.5 Å². The number of nitrogens with zero attached hydrogens (tertiary/aromatic N) is 3. The van der Waals surface area contributed by atoms with Crippen molar-refractivity contribution in [1.82, 2.24) is 4.98 Å². The highest BCUT2D eigenvalue weighted by molar-refractivity contribution is 5.80. The summed E-state index contributed by atoms with van der Waals surface area (Å²) >= 11 is 0. The van der Waals surface area contributed by atoms with Crippen molar-refractivity contribution in [3.63, 3.8) is 0 Å². The number of alkyl halides is 3. The Bertz CT molecular complexity index is 1090. The van der Waals surface area contributed by atoms with E-state index in [2.05, 4.69) is 4.98 Å². The van der Waals surface area contributed by atoms with Crippen molar-refractivity contribution in [1.29, 1.82) is 10.5 Å². The van der Waals surface area contributed by atoms with Gasteiger partial charge in [0, 0.05) is 11.1 Å². The molecule has 0 aliphatic rings. The Kier molecular flexibility index (Phi) is 4.53. The lowest BCUT2D eigenvalue weighted by Gasteiger charge is -2.12. The zero-order chi connectivity index (χ0) is 19.6. The Morgan fingerprint density at radius 2 is 1.59 bits per heavy atom. The maximum Gasteiger partial charge on any atom is 0.416 e. The van der Waals surface area contributed by atoms with E-state index in [0.29, 0.717) is 16.8 Å². The maximum absolute atomic E-state index is 13.0. The van der Waals surface area contributed by atoms with Crippen LogP contribution in [0.3, 0.4) is 0 Å². The van der Waals surface area contributed by atoms with Gasteiger partial charge in [0.15, 0.2) is 0 Å². The summed E-state index contributed by atoms with van der Waals surface area (Å²) in [6.07, 6.45) is -4.50. The van der Waals surface area contributed by atoms with E-state index in [9.17, 15) is 18.4 Å². The third-order valence-electron chi connectivity index (χ3n) is 3.97. The van der Waals surface area contributed by atoms with Gasteiger partial charge < -0.3 is 5.73 Å². The molecule has 0 spiro atoms. The summed E-state index contributed by atoms with van der Waals surface area (Å²) in [6.45, 7) is 0. The number of hydrogen-bond donors (Lipinski definition) is 1. The normalized spacial score (nSPS) is 10.9. The zero-order valence-electron chi connectivity index (χ0n) is 13.7. The molecule has 0 bridgehead atoms. The molecule has 0 unspecified atom stereocenters. The maximum atomic E-state index is 13.0. The fourth-order valence-electron chi connectivity index (χ4n) is 2.64. The van der Waals surface area contributed by atoms with Gasteiger partial charge >= 0.3 is 6.18 Å². The van der Waals surface area contributed by atoms with Crippen molar-refractivity contribution in [3.8, 4) is 34.5 Å². The van der Waals surface area contributed by atoms with E-state index in [1.165, 1.54) is 18.2 Å². The average Bonchev–Trinajstić information content (AvgIpc) is 2.67. The van der Waals surface area contributed by atoms with Crippen molar-refractivity contribution in [3.05, 3.63) is 71.3 Å². The molecule has 0 aliphatic heterocycles. The van der Waals surface area contributed by atoms with Crippen LogP contribution in [0.25, 0.3) is 22.4 Å². The average molecular weight is 364 g/mol. The number of rotatable bonds is 2. The fourth-order valence-corrected chi connectivity index (χ4v) is 2.64. The molecule has 27 heavy (non-hydrogen) atoms. The summed E-state index contributed by atoms with van der Waals surface area (Å²) in [7, 11) is 0. The molecule has 0 fully saturated rings. The number of pyridine rings is 1. The lowest BCUT2D eigenvalue weighted by atomic mass is 9.97. The van der Waals surface area contributed by atoms with E-state index < -0.39 is 11.7 Å². The Labute approximate surface area is 152 Å². The molecule has 0 radical (unpaired) electrons. The van der Waals surface area contributed by atoms with Crippen LogP contribution in [-0.2, 0) is 6.18 Å². The van der Waals surface area contributed by atoms with Gasteiger partial charge in [-0.05, 0) is 35.9 Å². The highest BCUT2D eigenvalue weighted by Gasteiger charge is 2.30. The van der Waals surface area contributed by atoms with E-state index in [0.717, 1.165) is 12.1 Å². The van der Waals surface area contributed by atoms with Gasteiger partial charge in [-0.3, -0.25) is 0 Å². The van der Waals surface area contributed by atoms with E-state index >= 15 is 0 Å². The van der Waals surface area contributed by atoms with E-state index in [1.54, 1.807) is 24.3 Å². The molecular formula is C20H11F3N4. The number of nitrogen functional groups attached to an aromatic ring is 1. The zero-order valence-corrected chi connectivity index (χ0v) is 13.7.